The molecule has 3 N–H and O–H groups in total. The van der Waals surface area contributed by atoms with Crippen LogP contribution >= 0.6 is 0 Å². The maximum Gasteiger partial charge on any atom is 0.586 e. The molecular weight excluding hydrogens is 256 g/mol. The average molecular weight is 267 g/mol. The Bertz CT molecular complexity index is 587. The first kappa shape index (κ1) is 11.9. The summed E-state index contributed by atoms with van der Waals surface area (Å²) < 4.78 is 34.5. The largest absolute Gasteiger partial charge is 0.586 e. The Morgan fingerprint density at radius 1 is 1.32 bits per heavy atom. The number of rotatable bonds is 3. The van der Waals surface area contributed by atoms with Gasteiger partial charge in [-0.05, 0) is 17.7 Å². The smallest absolute Gasteiger partial charge is 0.395 e. The van der Waals surface area contributed by atoms with Gasteiger partial charge in [-0.3, -0.25) is 0 Å². The number of nitrogens with one attached hydrogen (secondary N) is 1. The van der Waals surface area contributed by atoms with Crippen molar-refractivity contribution in [3.8, 4) is 11.5 Å². The van der Waals surface area contributed by atoms with Crippen LogP contribution in [0, 0.1) is 0 Å². The van der Waals surface area contributed by atoms with Crippen molar-refractivity contribution in [3.05, 3.63) is 42.0 Å². The van der Waals surface area contributed by atoms with Crippen LogP contribution in [0.15, 0.2) is 30.7 Å². The highest BCUT2D eigenvalue weighted by atomic mass is 19.3. The highest BCUT2D eigenvalue weighted by molar-refractivity contribution is 5.46. The number of fused-ring (bicyclic) bond motifs is 1. The van der Waals surface area contributed by atoms with E-state index in [-0.39, 0.29) is 17.5 Å². The van der Waals surface area contributed by atoms with E-state index in [1.165, 1.54) is 12.1 Å². The van der Waals surface area contributed by atoms with E-state index in [1.54, 1.807) is 18.6 Å². The maximum absolute atomic E-state index is 12.9. The lowest BCUT2D eigenvalue weighted by Crippen LogP contribution is -2.25. The number of aromatic amines is 1. The molecule has 0 amide bonds. The van der Waals surface area contributed by atoms with Crippen molar-refractivity contribution in [2.75, 3.05) is 0 Å². The third-order valence-electron chi connectivity index (χ3n) is 2.85. The lowest BCUT2D eigenvalue weighted by atomic mass is 10.0. The number of hydrogen-bond donors (Lipinski definition) is 2. The molecule has 0 aliphatic carbocycles. The Morgan fingerprint density at radius 2 is 2.11 bits per heavy atom. The number of nitrogens with zero attached hydrogens (tertiary/aromatic N) is 1. The number of ether oxygens (including phenoxy) is 2. The molecule has 1 aliphatic rings. The Kier molecular flexibility index (Phi) is 2.63. The summed E-state index contributed by atoms with van der Waals surface area (Å²) in [6.07, 6.45) is 0.147. The van der Waals surface area contributed by atoms with Crippen LogP contribution in [0.2, 0.25) is 0 Å². The van der Waals surface area contributed by atoms with Crippen LogP contribution in [-0.4, -0.2) is 16.3 Å². The molecule has 1 aromatic carbocycles. The third kappa shape index (κ3) is 2.37. The first-order valence-electron chi connectivity index (χ1n) is 5.66. The number of benzene rings is 1. The zero-order valence-electron chi connectivity index (χ0n) is 9.77. The first-order valence-corrected chi connectivity index (χ1v) is 5.66. The average Bonchev–Trinajstić information content (AvgIpc) is 2.93. The Labute approximate surface area is 107 Å². The predicted octanol–water partition coefficient (Wildman–Crippen LogP) is 1.97. The van der Waals surface area contributed by atoms with Gasteiger partial charge in [-0.25, -0.2) is 4.98 Å². The zero-order valence-corrected chi connectivity index (χ0v) is 9.77. The van der Waals surface area contributed by atoms with E-state index in [0.717, 1.165) is 5.69 Å². The fourth-order valence-corrected chi connectivity index (χ4v) is 1.95. The van der Waals surface area contributed by atoms with Gasteiger partial charge in [0.1, 0.15) is 0 Å². The number of alkyl halides is 2. The quantitative estimate of drug-likeness (QED) is 0.891. The van der Waals surface area contributed by atoms with Crippen LogP contribution in [0.3, 0.4) is 0 Å². The minimum atomic E-state index is -3.60. The molecule has 2 heterocycles. The lowest BCUT2D eigenvalue weighted by Gasteiger charge is -2.11. The summed E-state index contributed by atoms with van der Waals surface area (Å²) in [5.41, 5.74) is 7.58. The Hall–Kier alpha value is -2.15. The number of imidazole rings is 1. The third-order valence-corrected chi connectivity index (χ3v) is 2.85. The second kappa shape index (κ2) is 4.20. The second-order valence-corrected chi connectivity index (χ2v) is 4.26. The lowest BCUT2D eigenvalue weighted by molar-refractivity contribution is -0.286. The maximum atomic E-state index is 12.9. The molecule has 0 saturated carbocycles. The van der Waals surface area contributed by atoms with Crippen molar-refractivity contribution >= 4 is 0 Å². The summed E-state index contributed by atoms with van der Waals surface area (Å²) in [5, 5.41) is 0. The summed E-state index contributed by atoms with van der Waals surface area (Å²) in [4.78, 5) is 6.83. The van der Waals surface area contributed by atoms with Gasteiger partial charge in [0.15, 0.2) is 11.5 Å². The van der Waals surface area contributed by atoms with Gasteiger partial charge < -0.3 is 20.2 Å². The molecule has 0 saturated heterocycles. The topological polar surface area (TPSA) is 73.2 Å². The molecule has 1 aliphatic heterocycles. The van der Waals surface area contributed by atoms with E-state index < -0.39 is 6.29 Å². The Balaban J connectivity index is 1.80. The highest BCUT2D eigenvalue weighted by Crippen LogP contribution is 2.41. The van der Waals surface area contributed by atoms with Crippen LogP contribution < -0.4 is 15.2 Å². The fourth-order valence-electron chi connectivity index (χ4n) is 1.95. The van der Waals surface area contributed by atoms with Gasteiger partial charge in [-0.2, -0.15) is 0 Å². The van der Waals surface area contributed by atoms with E-state index in [0.29, 0.717) is 12.0 Å². The molecule has 5 nitrogen and oxygen atoms in total. The molecule has 0 fully saturated rings. The molecular formula is C12H11F2N3O2. The van der Waals surface area contributed by atoms with Gasteiger partial charge in [-0.1, -0.05) is 6.07 Å². The van der Waals surface area contributed by atoms with Crippen molar-refractivity contribution in [2.24, 2.45) is 5.73 Å². The molecule has 0 radical (unpaired) electrons. The van der Waals surface area contributed by atoms with E-state index in [1.807, 2.05) is 0 Å². The van der Waals surface area contributed by atoms with Gasteiger partial charge in [0, 0.05) is 24.4 Å². The molecule has 0 spiro atoms. The molecule has 7 heteroatoms. The molecule has 0 bridgehead atoms. The predicted molar refractivity (Wildman–Crippen MR) is 61.9 cm³/mol. The summed E-state index contributed by atoms with van der Waals surface area (Å²) in [6.45, 7) is 0. The Morgan fingerprint density at radius 3 is 2.84 bits per heavy atom. The van der Waals surface area contributed by atoms with Gasteiger partial charge in [0.05, 0.1) is 6.33 Å². The molecule has 1 aromatic heterocycles. The minimum Gasteiger partial charge on any atom is -0.395 e. The highest BCUT2D eigenvalue weighted by Gasteiger charge is 2.43. The normalized spacial score (nSPS) is 17.4. The van der Waals surface area contributed by atoms with Crippen molar-refractivity contribution in [3.63, 3.8) is 0 Å². The zero-order chi connectivity index (χ0) is 13.5. The van der Waals surface area contributed by atoms with E-state index in [4.69, 9.17) is 5.73 Å². The first-order chi connectivity index (χ1) is 9.03. The van der Waals surface area contributed by atoms with Crippen LogP contribution in [-0.2, 0) is 6.42 Å². The fraction of sp³-hybridized carbons (Fsp3) is 0.250. The van der Waals surface area contributed by atoms with Gasteiger partial charge in [0.25, 0.3) is 0 Å². The van der Waals surface area contributed by atoms with Gasteiger partial charge in [0.2, 0.25) is 0 Å². The molecule has 19 heavy (non-hydrogen) atoms. The summed E-state index contributed by atoms with van der Waals surface area (Å²) in [7, 11) is 0. The van der Waals surface area contributed by atoms with Crippen LogP contribution in [0.25, 0.3) is 0 Å². The second-order valence-electron chi connectivity index (χ2n) is 4.26. The van der Waals surface area contributed by atoms with E-state index >= 15 is 0 Å². The van der Waals surface area contributed by atoms with Crippen molar-refractivity contribution < 1.29 is 18.3 Å². The summed E-state index contributed by atoms with van der Waals surface area (Å²) in [6, 6.07) is 4.20. The summed E-state index contributed by atoms with van der Waals surface area (Å²) >= 11 is 0. The van der Waals surface area contributed by atoms with Gasteiger partial charge in [-0.15, -0.1) is 8.78 Å². The molecule has 3 rings (SSSR count). The molecule has 1 unspecified atom stereocenters. The van der Waals surface area contributed by atoms with E-state index in [2.05, 4.69) is 19.4 Å². The minimum absolute atomic E-state index is 0.00237. The number of halogens is 2. The monoisotopic (exact) mass is 267 g/mol. The standard InChI is InChI=1S/C12H11F2N3O2/c13-12(14)18-10-2-1-7(3-11(10)19-12)9(15)4-8-5-16-6-17-8/h1-3,5-6,9H,4,15H2,(H,16,17). The van der Waals surface area contributed by atoms with Crippen LogP contribution in [0.4, 0.5) is 8.78 Å². The molecule has 100 valence electrons. The number of aromatic nitrogens is 2. The number of nitrogens with two attached hydrogens (primary N) is 1. The van der Waals surface area contributed by atoms with Crippen LogP contribution in [0.5, 0.6) is 11.5 Å². The SMILES string of the molecule is NC(Cc1cnc[nH]1)c1ccc2c(c1)OC(F)(F)O2. The van der Waals surface area contributed by atoms with Crippen molar-refractivity contribution in [2.45, 2.75) is 18.8 Å². The molecule has 1 atom stereocenters. The van der Waals surface area contributed by atoms with Gasteiger partial charge >= 0.3 is 6.29 Å². The van der Waals surface area contributed by atoms with E-state index in [9.17, 15) is 8.78 Å². The summed E-state index contributed by atoms with van der Waals surface area (Å²) in [5.74, 6) is 0.0186. The van der Waals surface area contributed by atoms with Crippen LogP contribution in [0.1, 0.15) is 17.3 Å². The number of H-pyrrole nitrogens is 1. The number of hydrogen-bond acceptors (Lipinski definition) is 4. The van der Waals surface area contributed by atoms with Crippen molar-refractivity contribution in [1.82, 2.24) is 9.97 Å². The molecule has 2 aromatic rings. The van der Waals surface area contributed by atoms with Crippen molar-refractivity contribution in [1.29, 1.82) is 0 Å².